The lowest BCUT2D eigenvalue weighted by molar-refractivity contribution is -0.127. The maximum Gasteiger partial charge on any atom is 0.224 e. The number of nitrogens with one attached hydrogen (secondary N) is 2. The summed E-state index contributed by atoms with van der Waals surface area (Å²) in [6.07, 6.45) is 7.41. The van der Waals surface area contributed by atoms with Crippen LogP contribution in [0.3, 0.4) is 0 Å². The number of carbonyl (C=O) groups is 2. The summed E-state index contributed by atoms with van der Waals surface area (Å²) in [5.74, 6) is -0.104. The predicted octanol–water partition coefficient (Wildman–Crippen LogP) is 2.43. The van der Waals surface area contributed by atoms with E-state index < -0.39 is 0 Å². The van der Waals surface area contributed by atoms with Gasteiger partial charge in [0, 0.05) is 12.6 Å². The van der Waals surface area contributed by atoms with E-state index in [-0.39, 0.29) is 23.7 Å². The Balaban J connectivity index is 1.35. The van der Waals surface area contributed by atoms with E-state index in [4.69, 9.17) is 0 Å². The lowest BCUT2D eigenvalue weighted by atomic mass is 9.95. The number of carbonyl (C=O) groups excluding carboxylic acids is 2. The molecule has 2 fully saturated rings. The van der Waals surface area contributed by atoms with Crippen LogP contribution in [0.25, 0.3) is 0 Å². The van der Waals surface area contributed by atoms with Gasteiger partial charge in [0.1, 0.15) is 0 Å². The standard InChI is InChI=1S/C19H26N2O2/c22-18(20-12-11-14-7-3-1-4-8-14)16-13-17(16)19(23)21-15-9-5-2-6-10-15/h1,3-4,7-8,15-17H,2,5-6,9-13H2,(H,20,22)(H,21,23). The van der Waals surface area contributed by atoms with Gasteiger partial charge in [-0.15, -0.1) is 0 Å². The zero-order valence-corrected chi connectivity index (χ0v) is 13.6. The summed E-state index contributed by atoms with van der Waals surface area (Å²) in [6.45, 7) is 0.635. The van der Waals surface area contributed by atoms with E-state index in [1.165, 1.54) is 24.8 Å². The van der Waals surface area contributed by atoms with Crippen molar-refractivity contribution in [1.29, 1.82) is 0 Å². The van der Waals surface area contributed by atoms with E-state index >= 15 is 0 Å². The zero-order valence-electron chi connectivity index (χ0n) is 13.6. The largest absolute Gasteiger partial charge is 0.356 e. The highest BCUT2D eigenvalue weighted by Gasteiger charge is 2.48. The second-order valence-corrected chi connectivity index (χ2v) is 6.82. The van der Waals surface area contributed by atoms with E-state index in [1.807, 2.05) is 18.2 Å². The molecular formula is C19H26N2O2. The van der Waals surface area contributed by atoms with Crippen LogP contribution >= 0.6 is 0 Å². The third-order valence-corrected chi connectivity index (χ3v) is 4.97. The normalized spacial score (nSPS) is 24.0. The minimum Gasteiger partial charge on any atom is -0.356 e. The number of hydrogen-bond donors (Lipinski definition) is 2. The van der Waals surface area contributed by atoms with Gasteiger partial charge in [0.25, 0.3) is 0 Å². The first-order valence-electron chi connectivity index (χ1n) is 8.86. The van der Waals surface area contributed by atoms with Gasteiger partial charge in [-0.1, -0.05) is 49.6 Å². The van der Waals surface area contributed by atoms with Crippen LogP contribution in [0, 0.1) is 11.8 Å². The topological polar surface area (TPSA) is 58.2 Å². The molecule has 0 spiro atoms. The molecule has 0 bridgehead atoms. The van der Waals surface area contributed by atoms with Crippen molar-refractivity contribution >= 4 is 11.8 Å². The summed E-state index contributed by atoms with van der Waals surface area (Å²) >= 11 is 0. The van der Waals surface area contributed by atoms with Crippen LogP contribution in [-0.4, -0.2) is 24.4 Å². The molecule has 0 saturated heterocycles. The molecule has 124 valence electrons. The number of amides is 2. The third-order valence-electron chi connectivity index (χ3n) is 4.97. The van der Waals surface area contributed by atoms with Crippen LogP contribution in [0.4, 0.5) is 0 Å². The number of rotatable bonds is 6. The Morgan fingerprint density at radius 1 is 0.957 bits per heavy atom. The molecule has 2 amide bonds. The van der Waals surface area contributed by atoms with Gasteiger partial charge in [0.2, 0.25) is 11.8 Å². The number of hydrogen-bond acceptors (Lipinski definition) is 2. The predicted molar refractivity (Wildman–Crippen MR) is 89.8 cm³/mol. The monoisotopic (exact) mass is 314 g/mol. The van der Waals surface area contributed by atoms with Crippen LogP contribution in [0.1, 0.15) is 44.1 Å². The molecule has 23 heavy (non-hydrogen) atoms. The molecule has 2 aliphatic rings. The molecule has 1 aromatic rings. The fourth-order valence-electron chi connectivity index (χ4n) is 3.44. The molecule has 4 nitrogen and oxygen atoms in total. The molecule has 3 rings (SSSR count). The Kier molecular flexibility index (Phi) is 5.31. The summed E-state index contributed by atoms with van der Waals surface area (Å²) in [7, 11) is 0. The van der Waals surface area contributed by atoms with Crippen molar-refractivity contribution in [2.45, 2.75) is 51.0 Å². The van der Waals surface area contributed by atoms with Crippen LogP contribution in [0.15, 0.2) is 30.3 Å². The molecule has 0 heterocycles. The third kappa shape index (κ3) is 4.57. The quantitative estimate of drug-likeness (QED) is 0.847. The molecule has 1 aromatic carbocycles. The van der Waals surface area contributed by atoms with Crippen molar-refractivity contribution in [1.82, 2.24) is 10.6 Å². The summed E-state index contributed by atoms with van der Waals surface area (Å²) in [6, 6.07) is 10.4. The van der Waals surface area contributed by atoms with Gasteiger partial charge in [-0.25, -0.2) is 0 Å². The van der Waals surface area contributed by atoms with Crippen molar-refractivity contribution in [3.05, 3.63) is 35.9 Å². The van der Waals surface area contributed by atoms with Gasteiger partial charge < -0.3 is 10.6 Å². The molecule has 2 saturated carbocycles. The van der Waals surface area contributed by atoms with E-state index in [0.29, 0.717) is 19.0 Å². The molecule has 2 N–H and O–H groups in total. The van der Waals surface area contributed by atoms with Gasteiger partial charge in [0.05, 0.1) is 11.8 Å². The van der Waals surface area contributed by atoms with Gasteiger partial charge in [0.15, 0.2) is 0 Å². The minimum absolute atomic E-state index is 0.0322. The van der Waals surface area contributed by atoms with Crippen LogP contribution in [0.5, 0.6) is 0 Å². The molecular weight excluding hydrogens is 288 g/mol. The summed E-state index contributed by atoms with van der Waals surface area (Å²) in [5, 5.41) is 6.09. The van der Waals surface area contributed by atoms with Crippen LogP contribution in [-0.2, 0) is 16.0 Å². The lowest BCUT2D eigenvalue weighted by Crippen LogP contribution is -2.38. The van der Waals surface area contributed by atoms with Crippen molar-refractivity contribution in [3.8, 4) is 0 Å². The Labute approximate surface area is 138 Å². The summed E-state index contributed by atoms with van der Waals surface area (Å²) in [5.41, 5.74) is 1.22. The van der Waals surface area contributed by atoms with Gasteiger partial charge in [-0.05, 0) is 31.2 Å². The van der Waals surface area contributed by atoms with Crippen molar-refractivity contribution < 1.29 is 9.59 Å². The summed E-state index contributed by atoms with van der Waals surface area (Å²) < 4.78 is 0. The minimum atomic E-state index is -0.116. The maximum absolute atomic E-state index is 12.2. The molecule has 0 radical (unpaired) electrons. The molecule has 0 aliphatic heterocycles. The van der Waals surface area contributed by atoms with Gasteiger partial charge >= 0.3 is 0 Å². The fourth-order valence-corrected chi connectivity index (χ4v) is 3.44. The van der Waals surface area contributed by atoms with Crippen LogP contribution in [0.2, 0.25) is 0 Å². The Bertz CT molecular complexity index is 538. The van der Waals surface area contributed by atoms with Crippen molar-refractivity contribution in [2.24, 2.45) is 11.8 Å². The Hall–Kier alpha value is -1.84. The average Bonchev–Trinajstić information content (AvgIpc) is 3.37. The van der Waals surface area contributed by atoms with E-state index in [9.17, 15) is 9.59 Å². The van der Waals surface area contributed by atoms with Crippen LogP contribution < -0.4 is 10.6 Å². The van der Waals surface area contributed by atoms with E-state index in [2.05, 4.69) is 22.8 Å². The molecule has 2 aliphatic carbocycles. The zero-order chi connectivity index (χ0) is 16.1. The number of benzene rings is 1. The van der Waals surface area contributed by atoms with E-state index in [1.54, 1.807) is 0 Å². The van der Waals surface area contributed by atoms with Crippen molar-refractivity contribution in [3.63, 3.8) is 0 Å². The average molecular weight is 314 g/mol. The van der Waals surface area contributed by atoms with E-state index in [0.717, 1.165) is 19.3 Å². The molecule has 2 atom stereocenters. The SMILES string of the molecule is O=C(NCCc1ccccc1)C1CC1C(=O)NC1CCCCC1. The first-order valence-corrected chi connectivity index (χ1v) is 8.86. The first kappa shape index (κ1) is 16.0. The first-order chi connectivity index (χ1) is 11.2. The Morgan fingerprint density at radius 2 is 1.65 bits per heavy atom. The van der Waals surface area contributed by atoms with Gasteiger partial charge in [-0.2, -0.15) is 0 Å². The van der Waals surface area contributed by atoms with Crippen molar-refractivity contribution in [2.75, 3.05) is 6.54 Å². The molecule has 0 aromatic heterocycles. The second kappa shape index (κ2) is 7.62. The second-order valence-electron chi connectivity index (χ2n) is 6.82. The maximum atomic E-state index is 12.2. The molecule has 2 unspecified atom stereocenters. The Morgan fingerprint density at radius 3 is 2.39 bits per heavy atom. The smallest absolute Gasteiger partial charge is 0.224 e. The highest BCUT2D eigenvalue weighted by atomic mass is 16.2. The summed E-state index contributed by atoms with van der Waals surface area (Å²) in [4.78, 5) is 24.3. The molecule has 4 heteroatoms. The highest BCUT2D eigenvalue weighted by molar-refractivity contribution is 5.92. The highest BCUT2D eigenvalue weighted by Crippen LogP contribution is 2.39. The fraction of sp³-hybridized carbons (Fsp3) is 0.579. The lowest BCUT2D eigenvalue weighted by Gasteiger charge is -2.22. The van der Waals surface area contributed by atoms with Gasteiger partial charge in [-0.3, -0.25) is 9.59 Å².